The largest absolute Gasteiger partial charge is 3.00 e. The van der Waals surface area contributed by atoms with Crippen molar-refractivity contribution in [2.75, 3.05) is 6.61 Å². The van der Waals surface area contributed by atoms with Crippen molar-refractivity contribution >= 4 is 32.7 Å². The summed E-state index contributed by atoms with van der Waals surface area (Å²) in [6.45, 7) is 12.7. The molecule has 3 rings (SSSR count). The second-order valence-corrected chi connectivity index (χ2v) is 17.8. The van der Waals surface area contributed by atoms with Crippen molar-refractivity contribution in [2.45, 2.75) is 45.2 Å². The Morgan fingerprint density at radius 3 is 2.33 bits per heavy atom. The van der Waals surface area contributed by atoms with E-state index < -0.39 is 16.4 Å². The monoisotopic (exact) mass is 513 g/mol. The molecule has 0 spiro atoms. The zero-order valence-electron chi connectivity index (χ0n) is 16.9. The van der Waals surface area contributed by atoms with Crippen LogP contribution in [0.4, 0.5) is 0 Å². The molecule has 6 heteroatoms. The van der Waals surface area contributed by atoms with Gasteiger partial charge in [0.2, 0.25) is 0 Å². The molecule has 0 amide bonds. The van der Waals surface area contributed by atoms with E-state index in [9.17, 15) is 0 Å². The molecule has 0 saturated carbocycles. The molecule has 0 bridgehead atoms. The van der Waals surface area contributed by atoms with E-state index in [4.69, 9.17) is 4.43 Å². The van der Waals surface area contributed by atoms with Crippen LogP contribution in [0, 0.1) is 0 Å². The average molecular weight is 516 g/mol. The number of fused-ring (bicyclic) bond motifs is 1. The fraction of sp³-hybridized carbons (Fsp3) is 0.381. The zero-order chi connectivity index (χ0) is 17.4. The Hall–Kier alpha value is 0.167. The van der Waals surface area contributed by atoms with E-state index in [1.165, 1.54) is 22.4 Å². The molecule has 0 atom stereocenters. The van der Waals surface area contributed by atoms with Crippen LogP contribution in [0.25, 0.3) is 16.3 Å². The molecule has 0 aromatic heterocycles. The van der Waals surface area contributed by atoms with Gasteiger partial charge in [0.15, 0.2) is 8.32 Å². The van der Waals surface area contributed by atoms with Crippen LogP contribution in [0.5, 0.6) is 0 Å². The van der Waals surface area contributed by atoms with Crippen molar-refractivity contribution in [2.24, 2.45) is 0 Å². The summed E-state index contributed by atoms with van der Waals surface area (Å²) in [7, 11) is -2.89. The first kappa shape index (κ1) is 27.2. The first-order chi connectivity index (χ1) is 11.3. The number of allylic oxidation sites excluding steroid dienone is 4. The molecule has 0 aliphatic heterocycles. The standard InChI is InChI=1S/C21H29OSi2.2ClH.Zr/c1-23(2,3)22-13-14-24(4,5)21-12-8-11-20(21)19-15-17-9-6-7-10-18(17)16-19;;;/h6-10,12,15-16H,11,13-14H2,1-5H3;2*1H;/q-1;;;+3/p-2. The Kier molecular flexibility index (Phi) is 10.9. The number of hydrogen-bond donors (Lipinski definition) is 0. The van der Waals surface area contributed by atoms with Gasteiger partial charge in [-0.3, -0.25) is 0 Å². The summed E-state index contributed by atoms with van der Waals surface area (Å²) >= 11 is 0. The third-order valence-corrected chi connectivity index (χ3v) is 9.34. The van der Waals surface area contributed by atoms with Gasteiger partial charge in [0.25, 0.3) is 0 Å². The minimum Gasteiger partial charge on any atom is -1.00 e. The van der Waals surface area contributed by atoms with Crippen molar-refractivity contribution in [3.05, 3.63) is 59.3 Å². The van der Waals surface area contributed by atoms with Crippen LogP contribution in [-0.4, -0.2) is 23.0 Å². The molecular formula is C21H29Cl2OSi2Zr. The molecule has 0 saturated heterocycles. The smallest absolute Gasteiger partial charge is 1.00 e. The molecular weight excluding hydrogens is 487 g/mol. The predicted molar refractivity (Wildman–Crippen MR) is 112 cm³/mol. The Morgan fingerprint density at radius 2 is 1.70 bits per heavy atom. The van der Waals surface area contributed by atoms with Crippen LogP contribution in [0.3, 0.4) is 0 Å². The van der Waals surface area contributed by atoms with E-state index in [0.29, 0.717) is 0 Å². The molecule has 1 aliphatic carbocycles. The molecule has 2 aromatic rings. The van der Waals surface area contributed by atoms with Gasteiger partial charge in [0, 0.05) is 6.61 Å². The summed E-state index contributed by atoms with van der Waals surface area (Å²) in [6.07, 6.45) is 5.82. The van der Waals surface area contributed by atoms with E-state index in [0.717, 1.165) is 13.0 Å². The maximum absolute atomic E-state index is 6.14. The van der Waals surface area contributed by atoms with Gasteiger partial charge in [0.1, 0.15) is 0 Å². The van der Waals surface area contributed by atoms with Gasteiger partial charge in [-0.05, 0) is 32.1 Å². The van der Waals surface area contributed by atoms with Crippen LogP contribution in [-0.2, 0) is 30.6 Å². The zero-order valence-corrected chi connectivity index (χ0v) is 22.9. The Morgan fingerprint density at radius 1 is 1.04 bits per heavy atom. The van der Waals surface area contributed by atoms with Gasteiger partial charge >= 0.3 is 26.2 Å². The van der Waals surface area contributed by atoms with Gasteiger partial charge in [-0.1, -0.05) is 48.6 Å². The number of halogens is 2. The summed E-state index contributed by atoms with van der Waals surface area (Å²) in [5, 5.41) is 4.33. The number of hydrogen-bond acceptors (Lipinski definition) is 1. The second-order valence-electron chi connectivity index (χ2n) is 8.47. The van der Waals surface area contributed by atoms with Crippen molar-refractivity contribution < 1.29 is 55.4 Å². The Balaban J connectivity index is 0.00000225. The SMILES string of the molecule is C[Si](C)(C)OCC[Si](C)(C)C1=C(c2cc3ccccc3[cH-]2)CC=C1.[Cl-].[Cl-].[Zr+3]. The normalized spacial score (nSPS) is 14.0. The van der Waals surface area contributed by atoms with Crippen molar-refractivity contribution in [3.63, 3.8) is 0 Å². The molecule has 0 unspecified atom stereocenters. The van der Waals surface area contributed by atoms with E-state index in [1.54, 1.807) is 10.8 Å². The van der Waals surface area contributed by atoms with E-state index in [-0.39, 0.29) is 51.0 Å². The second kappa shape index (κ2) is 10.8. The number of rotatable bonds is 6. The van der Waals surface area contributed by atoms with Crippen molar-refractivity contribution in [3.8, 4) is 0 Å². The van der Waals surface area contributed by atoms with Crippen LogP contribution in [0.1, 0.15) is 12.0 Å². The van der Waals surface area contributed by atoms with Gasteiger partial charge in [0.05, 0.1) is 8.07 Å². The predicted octanol–water partition coefficient (Wildman–Crippen LogP) is 0.377. The molecule has 1 aliphatic rings. The van der Waals surface area contributed by atoms with Gasteiger partial charge in [-0.25, -0.2) is 0 Å². The summed E-state index contributed by atoms with van der Waals surface area (Å²) in [4.78, 5) is 0. The third-order valence-electron chi connectivity index (χ3n) is 4.89. The first-order valence-corrected chi connectivity index (χ1v) is 15.6. The topological polar surface area (TPSA) is 9.23 Å². The van der Waals surface area contributed by atoms with Crippen LogP contribution >= 0.6 is 0 Å². The van der Waals surface area contributed by atoms with Gasteiger partial charge in [-0.2, -0.15) is 0 Å². The molecule has 2 aromatic carbocycles. The maximum Gasteiger partial charge on any atom is 3.00 e. The van der Waals surface area contributed by atoms with Crippen LogP contribution < -0.4 is 24.8 Å². The van der Waals surface area contributed by atoms with Gasteiger partial charge < -0.3 is 29.2 Å². The molecule has 0 heterocycles. The molecule has 27 heavy (non-hydrogen) atoms. The molecule has 1 radical (unpaired) electrons. The third kappa shape index (κ3) is 6.87. The van der Waals surface area contributed by atoms with Crippen molar-refractivity contribution in [1.29, 1.82) is 0 Å². The molecule has 0 fully saturated rings. The molecule has 145 valence electrons. The van der Waals surface area contributed by atoms with E-state index in [1.807, 2.05) is 0 Å². The summed E-state index contributed by atoms with van der Waals surface area (Å²) < 4.78 is 6.14. The Labute approximate surface area is 198 Å². The fourth-order valence-electron chi connectivity index (χ4n) is 3.48. The van der Waals surface area contributed by atoms with Crippen LogP contribution in [0.2, 0.25) is 38.8 Å². The Bertz CT molecular complexity index is 771. The fourth-order valence-corrected chi connectivity index (χ4v) is 6.92. The van der Waals surface area contributed by atoms with Gasteiger partial charge in [-0.15, -0.1) is 40.1 Å². The van der Waals surface area contributed by atoms with Crippen LogP contribution in [0.15, 0.2) is 53.7 Å². The van der Waals surface area contributed by atoms with Crippen molar-refractivity contribution in [1.82, 2.24) is 0 Å². The summed E-state index contributed by atoms with van der Waals surface area (Å²) in [5.74, 6) is 0. The summed E-state index contributed by atoms with van der Waals surface area (Å²) in [6, 6.07) is 14.6. The minimum absolute atomic E-state index is 0. The first-order valence-electron chi connectivity index (χ1n) is 8.96. The quantitative estimate of drug-likeness (QED) is 0.399. The average Bonchev–Trinajstić information content (AvgIpc) is 3.12. The molecule has 0 N–H and O–H groups in total. The molecule has 1 nitrogen and oxygen atoms in total. The minimum atomic E-state index is -1.47. The van der Waals surface area contributed by atoms with E-state index >= 15 is 0 Å². The van der Waals surface area contributed by atoms with E-state index in [2.05, 4.69) is 81.3 Å². The summed E-state index contributed by atoms with van der Waals surface area (Å²) in [5.41, 5.74) is 2.97. The maximum atomic E-state index is 6.14. The number of benzene rings is 1.